The van der Waals surface area contributed by atoms with Crippen LogP contribution in [0.25, 0.3) is 0 Å². The first kappa shape index (κ1) is 13.9. The molecule has 1 saturated heterocycles. The zero-order valence-electron chi connectivity index (χ0n) is 10.8. The van der Waals surface area contributed by atoms with Crippen molar-refractivity contribution >= 4 is 17.7 Å². The molecule has 6 nitrogen and oxygen atoms in total. The minimum atomic E-state index is -0.331. The van der Waals surface area contributed by atoms with Crippen molar-refractivity contribution in [2.45, 2.75) is 23.5 Å². The minimum absolute atomic E-state index is 0.0777. The van der Waals surface area contributed by atoms with Crippen molar-refractivity contribution in [3.8, 4) is 5.75 Å². The monoisotopic (exact) mass is 310 g/mol. The number of aromatic nitrogens is 2. The lowest BCUT2D eigenvalue weighted by molar-refractivity contribution is -0.137. The number of thioether (sulfide) groups is 1. The second kappa shape index (κ2) is 6.13. The highest BCUT2D eigenvalue weighted by Gasteiger charge is 2.29. The molecule has 1 aliphatic heterocycles. The first-order valence-corrected chi connectivity index (χ1v) is 7.13. The molecular weight excluding hydrogens is 299 g/mol. The fourth-order valence-electron chi connectivity index (χ4n) is 1.73. The van der Waals surface area contributed by atoms with Crippen LogP contribution in [0.15, 0.2) is 33.9 Å². The Morgan fingerprint density at radius 1 is 1.33 bits per heavy atom. The average molecular weight is 310 g/mol. The van der Waals surface area contributed by atoms with Crippen molar-refractivity contribution in [1.29, 1.82) is 0 Å². The maximum absolute atomic E-state index is 12.7. The van der Waals surface area contributed by atoms with Gasteiger partial charge >= 0.3 is 5.97 Å². The van der Waals surface area contributed by atoms with E-state index in [1.165, 1.54) is 36.0 Å². The van der Waals surface area contributed by atoms with Crippen LogP contribution in [0.3, 0.4) is 0 Å². The lowest BCUT2D eigenvalue weighted by atomic mass is 10.3. The van der Waals surface area contributed by atoms with Crippen LogP contribution < -0.4 is 4.74 Å². The normalized spacial score (nSPS) is 17.8. The number of hydrogen-bond donors (Lipinski definition) is 0. The molecule has 0 amide bonds. The van der Waals surface area contributed by atoms with Crippen LogP contribution in [0.1, 0.15) is 12.3 Å². The number of benzene rings is 1. The quantitative estimate of drug-likeness (QED) is 0.784. The van der Waals surface area contributed by atoms with Gasteiger partial charge in [-0.25, -0.2) is 4.39 Å². The van der Waals surface area contributed by atoms with E-state index in [0.717, 1.165) is 0 Å². The van der Waals surface area contributed by atoms with Gasteiger partial charge in [0.1, 0.15) is 16.8 Å². The van der Waals surface area contributed by atoms with Crippen molar-refractivity contribution in [2.75, 3.05) is 6.61 Å². The highest BCUT2D eigenvalue weighted by molar-refractivity contribution is 8.00. The second-order valence-electron chi connectivity index (χ2n) is 4.27. The molecule has 3 rings (SSSR count). The summed E-state index contributed by atoms with van der Waals surface area (Å²) < 4.78 is 28.4. The molecule has 0 aliphatic carbocycles. The second-order valence-corrected chi connectivity index (χ2v) is 5.42. The van der Waals surface area contributed by atoms with Crippen molar-refractivity contribution in [2.24, 2.45) is 0 Å². The van der Waals surface area contributed by atoms with Crippen LogP contribution in [0.5, 0.6) is 5.75 Å². The summed E-state index contributed by atoms with van der Waals surface area (Å²) in [5.41, 5.74) is 0. The summed E-state index contributed by atoms with van der Waals surface area (Å²) in [4.78, 5) is 11.3. The van der Waals surface area contributed by atoms with Gasteiger partial charge in [0.2, 0.25) is 0 Å². The Morgan fingerprint density at radius 3 is 2.86 bits per heavy atom. The Hall–Kier alpha value is -2.09. The topological polar surface area (TPSA) is 74.5 Å². The first-order valence-electron chi connectivity index (χ1n) is 6.25. The number of ether oxygens (including phenoxy) is 2. The molecule has 0 N–H and O–H groups in total. The Labute approximate surface area is 123 Å². The lowest BCUT2D eigenvalue weighted by Crippen LogP contribution is -2.09. The Balaban J connectivity index is 1.55. The van der Waals surface area contributed by atoms with E-state index < -0.39 is 0 Å². The number of nitrogens with zero attached hydrogens (tertiary/aromatic N) is 2. The average Bonchev–Trinajstić information content (AvgIpc) is 3.09. The highest BCUT2D eigenvalue weighted by Crippen LogP contribution is 2.28. The van der Waals surface area contributed by atoms with Gasteiger partial charge in [-0.2, -0.15) is 0 Å². The first-order chi connectivity index (χ1) is 10.2. The molecule has 110 valence electrons. The van der Waals surface area contributed by atoms with Crippen LogP contribution in [0.4, 0.5) is 4.39 Å². The number of cyclic esters (lactones) is 1. The largest absolute Gasteiger partial charge is 0.484 e. The third kappa shape index (κ3) is 3.52. The van der Waals surface area contributed by atoms with Gasteiger partial charge in [0.05, 0.1) is 6.61 Å². The molecule has 1 unspecified atom stereocenters. The van der Waals surface area contributed by atoms with Gasteiger partial charge in [0.25, 0.3) is 11.1 Å². The van der Waals surface area contributed by atoms with E-state index in [0.29, 0.717) is 24.0 Å². The molecule has 1 atom stereocenters. The van der Waals surface area contributed by atoms with Gasteiger partial charge in [-0.05, 0) is 36.0 Å². The van der Waals surface area contributed by atoms with E-state index in [-0.39, 0.29) is 29.5 Å². The van der Waals surface area contributed by atoms with Gasteiger partial charge in [-0.3, -0.25) is 4.79 Å². The number of hydrogen-bond acceptors (Lipinski definition) is 7. The summed E-state index contributed by atoms with van der Waals surface area (Å²) >= 11 is 1.18. The van der Waals surface area contributed by atoms with Crippen LogP contribution in [0, 0.1) is 5.82 Å². The maximum Gasteiger partial charge on any atom is 0.319 e. The molecule has 8 heteroatoms. The van der Waals surface area contributed by atoms with E-state index in [4.69, 9.17) is 13.9 Å². The van der Waals surface area contributed by atoms with Gasteiger partial charge in [-0.1, -0.05) is 0 Å². The molecule has 1 aromatic carbocycles. The molecule has 21 heavy (non-hydrogen) atoms. The summed E-state index contributed by atoms with van der Waals surface area (Å²) in [7, 11) is 0. The van der Waals surface area contributed by atoms with E-state index in [1.807, 2.05) is 0 Å². The predicted octanol–water partition coefficient (Wildman–Crippen LogP) is 2.20. The fourth-order valence-corrected chi connectivity index (χ4v) is 2.58. The maximum atomic E-state index is 12.7. The Bertz CT molecular complexity index is 631. The molecule has 0 spiro atoms. The number of carbonyl (C=O) groups is 1. The van der Waals surface area contributed by atoms with Crippen molar-refractivity contribution in [1.82, 2.24) is 10.2 Å². The van der Waals surface area contributed by atoms with Gasteiger partial charge < -0.3 is 13.9 Å². The van der Waals surface area contributed by atoms with E-state index >= 15 is 0 Å². The van der Waals surface area contributed by atoms with Crippen LogP contribution in [-0.4, -0.2) is 28.0 Å². The molecule has 1 aliphatic rings. The predicted molar refractivity (Wildman–Crippen MR) is 70.3 cm³/mol. The molecule has 2 heterocycles. The van der Waals surface area contributed by atoms with Gasteiger partial charge in [0, 0.05) is 6.42 Å². The van der Waals surface area contributed by atoms with Gasteiger partial charge in [0.15, 0.2) is 6.61 Å². The molecule has 1 fully saturated rings. The van der Waals surface area contributed by atoms with Crippen molar-refractivity contribution in [3.05, 3.63) is 36.0 Å². The summed E-state index contributed by atoms with van der Waals surface area (Å²) in [6.07, 6.45) is 0.632. The zero-order chi connectivity index (χ0) is 14.7. The van der Waals surface area contributed by atoms with Gasteiger partial charge in [-0.15, -0.1) is 10.2 Å². The summed E-state index contributed by atoms with van der Waals surface area (Å²) in [6, 6.07) is 5.62. The van der Waals surface area contributed by atoms with Crippen LogP contribution in [-0.2, 0) is 16.1 Å². The SMILES string of the molecule is O=C1OCCC1Sc1nnc(COc2ccc(F)cc2)o1. The number of rotatable bonds is 5. The van der Waals surface area contributed by atoms with E-state index in [2.05, 4.69) is 10.2 Å². The van der Waals surface area contributed by atoms with Crippen molar-refractivity contribution in [3.63, 3.8) is 0 Å². The molecule has 0 bridgehead atoms. The molecular formula is C13H11FN2O4S. The van der Waals surface area contributed by atoms with E-state index in [9.17, 15) is 9.18 Å². The number of esters is 1. The molecule has 1 aromatic heterocycles. The smallest absolute Gasteiger partial charge is 0.319 e. The molecule has 0 radical (unpaired) electrons. The Morgan fingerprint density at radius 2 is 2.14 bits per heavy atom. The standard InChI is InChI=1S/C13H11FN2O4S/c14-8-1-3-9(4-2-8)19-7-11-15-16-13(20-11)21-10-5-6-18-12(10)17/h1-4,10H,5-7H2. The van der Waals surface area contributed by atoms with Crippen LogP contribution >= 0.6 is 11.8 Å². The van der Waals surface area contributed by atoms with Crippen LogP contribution in [0.2, 0.25) is 0 Å². The minimum Gasteiger partial charge on any atom is -0.484 e. The summed E-state index contributed by atoms with van der Waals surface area (Å²) in [5, 5.41) is 7.67. The summed E-state index contributed by atoms with van der Waals surface area (Å²) in [5.74, 6) is 0.195. The number of carbonyl (C=O) groups excluding carboxylic acids is 1. The zero-order valence-corrected chi connectivity index (χ0v) is 11.6. The van der Waals surface area contributed by atoms with Crippen molar-refractivity contribution < 1.29 is 23.1 Å². The fraction of sp³-hybridized carbons (Fsp3) is 0.308. The third-order valence-electron chi connectivity index (χ3n) is 2.75. The molecule has 0 saturated carbocycles. The van der Waals surface area contributed by atoms with E-state index in [1.54, 1.807) is 0 Å². The third-order valence-corrected chi connectivity index (χ3v) is 3.83. The summed E-state index contributed by atoms with van der Waals surface area (Å²) in [6.45, 7) is 0.499. The Kier molecular flexibility index (Phi) is 4.05. The lowest BCUT2D eigenvalue weighted by Gasteiger charge is -2.02. The highest BCUT2D eigenvalue weighted by atomic mass is 32.2. The molecule has 2 aromatic rings. The number of halogens is 1.